The van der Waals surface area contributed by atoms with Crippen LogP contribution in [0.15, 0.2) is 0 Å². The van der Waals surface area contributed by atoms with Gasteiger partial charge in [0.25, 0.3) is 0 Å². The Morgan fingerprint density at radius 3 is 0.256 bits per heavy atom. The predicted molar refractivity (Wildman–Crippen MR) is 79.3 cm³/mol. The van der Waals surface area contributed by atoms with Crippen molar-refractivity contribution in [3.63, 3.8) is 0 Å². The van der Waals surface area contributed by atoms with Gasteiger partial charge in [0.1, 0.15) is 0 Å². The fourth-order valence-corrected chi connectivity index (χ4v) is 0. The Labute approximate surface area is 442 Å². The zero-order chi connectivity index (χ0) is 22.5. The summed E-state index contributed by atoms with van der Waals surface area (Å²) in [7, 11) is -25.8. The van der Waals surface area contributed by atoms with Gasteiger partial charge in [-0.1, -0.05) is 0 Å². The Bertz CT molecular complexity index is 654. The van der Waals surface area contributed by atoms with Crippen LogP contribution in [-0.2, 0) is 103 Å². The molecule has 0 spiro atoms. The molecule has 0 aliphatic rings. The van der Waals surface area contributed by atoms with Crippen LogP contribution >= 0.6 is 0 Å². The van der Waals surface area contributed by atoms with Gasteiger partial charge in [-0.15, -0.1) is 0 Å². The third-order valence-corrected chi connectivity index (χ3v) is 0. The summed E-state index contributed by atoms with van der Waals surface area (Å²) in [5.74, 6) is 0. The molecular formula is H5Fe3K3O25S5Tl3. The van der Waals surface area contributed by atoms with Crippen LogP contribution < -0.4 is 154 Å². The molecular weight excluding hydrogens is 1460 g/mol. The normalized spacial score (nSPS) is 7.44. The first-order valence-corrected chi connectivity index (χ1v) is 10.0. The monoisotopic (exact) mass is 1460 g/mol. The maximum atomic E-state index is 8.52. The van der Waals surface area contributed by atoms with E-state index in [1.807, 2.05) is 0 Å². The summed E-state index contributed by atoms with van der Waals surface area (Å²) < 4.78 is 170. The number of hydrogen-bond acceptors (Lipinski definition) is 25. The molecule has 0 atom stereocenters. The van der Waals surface area contributed by atoms with Crippen molar-refractivity contribution in [3.8, 4) is 0 Å². The molecule has 0 amide bonds. The Hall–Kier alpha value is 8.38. The van der Waals surface area contributed by atoms with Crippen LogP contribution in [0.3, 0.4) is 0 Å². The molecule has 0 heterocycles. The average Bonchev–Trinajstić information content (AvgIpc) is 1.79. The van der Waals surface area contributed by atoms with Crippen LogP contribution in [0.4, 0.5) is 0 Å². The van der Waals surface area contributed by atoms with Crippen molar-refractivity contribution in [2.75, 3.05) is 0 Å². The first-order chi connectivity index (χ1) is 10.0. The molecule has 0 rings (SSSR count). The second-order valence-electron chi connectivity index (χ2n) is 2.04. The zero-order valence-corrected chi connectivity index (χ0v) is 48.5. The fourth-order valence-electron chi connectivity index (χ4n) is 0. The van der Waals surface area contributed by atoms with E-state index in [1.165, 1.54) is 0 Å². The summed E-state index contributed by atoms with van der Waals surface area (Å²) in [4.78, 5) is 0. The number of hydrogen-bond donors (Lipinski definition) is 0. The summed E-state index contributed by atoms with van der Waals surface area (Å²) in [6.45, 7) is 0. The zero-order valence-electron chi connectivity index (χ0n) is 18.2. The maximum absolute atomic E-state index is 8.52. The molecule has 3 radical (unpaired) electrons. The fraction of sp³-hybridized carbons (Fsp3) is 0. The van der Waals surface area contributed by atoms with Crippen molar-refractivity contribution >= 4 is 134 Å². The SMILES string of the molecule is O=S(=O)([O-])[O-].O=S(=O)([O-])[O-].O=S(=O)([O-])[O-].O=S(=O)([O-])[O-].O=S(=O)([O-])[O-].[Fe+3].[Fe+3].[Fe+3].[K+].[K+].[K+].[OH-].[OH-].[OH-].[OH-].[OH-].[Tl+].[Tl+].[Tl+]. The molecule has 0 aliphatic carbocycles. The summed E-state index contributed by atoms with van der Waals surface area (Å²) >= 11 is 0. The third kappa shape index (κ3) is 1300. The van der Waals surface area contributed by atoms with Crippen LogP contribution in [0, 0.1) is 0 Å². The molecule has 0 aliphatic heterocycles. The summed E-state index contributed by atoms with van der Waals surface area (Å²) in [5, 5.41) is 0. The summed E-state index contributed by atoms with van der Waals surface area (Å²) in [6, 6.07) is 0. The molecule has 0 fully saturated rings. The minimum atomic E-state index is -5.17. The average molecular weight is 1460 g/mol. The molecule has 0 aromatic rings. The van der Waals surface area contributed by atoms with Gasteiger partial charge < -0.3 is 72.9 Å². The van der Waals surface area contributed by atoms with Crippen molar-refractivity contribution in [1.82, 2.24) is 0 Å². The second kappa shape index (κ2) is 64.8. The first-order valence-electron chi connectivity index (χ1n) is 3.33. The van der Waals surface area contributed by atoms with Gasteiger partial charge in [-0.3, -0.25) is 42.1 Å². The molecule has 0 saturated carbocycles. The van der Waals surface area contributed by atoms with Gasteiger partial charge in [0.2, 0.25) is 0 Å². The van der Waals surface area contributed by atoms with Crippen molar-refractivity contribution in [2.45, 2.75) is 0 Å². The standard InChI is InChI=1S/3Fe.3K.5H2O4S.5H2O.3Tl/c;;;;;;5*1-5(2,3)4;;;;;;;;/h;;;;;;5*(H2,1,2,3,4);5*1H2;;;/q3*+3;3*+1;;;;;;;;;;;3*+1/p-15. The van der Waals surface area contributed by atoms with E-state index in [4.69, 9.17) is 87.6 Å². The Morgan fingerprint density at radius 2 is 0.256 bits per heavy atom. The van der Waals surface area contributed by atoms with Crippen molar-refractivity contribution in [2.24, 2.45) is 0 Å². The molecule has 25 nitrogen and oxygen atoms in total. The molecule has 0 bridgehead atoms. The van der Waals surface area contributed by atoms with Gasteiger partial charge in [-0.25, -0.2) is 0 Å². The van der Waals surface area contributed by atoms with E-state index in [0.29, 0.717) is 0 Å². The molecule has 221 valence electrons. The van der Waals surface area contributed by atoms with Crippen molar-refractivity contribution in [1.29, 1.82) is 0 Å². The molecule has 0 unspecified atom stereocenters. The van der Waals surface area contributed by atoms with Crippen LogP contribution in [0.1, 0.15) is 0 Å². The van der Waals surface area contributed by atoms with E-state index < -0.39 is 52.0 Å². The summed E-state index contributed by atoms with van der Waals surface area (Å²) in [5.41, 5.74) is 0. The second-order valence-corrected chi connectivity index (χ2v) is 6.12. The molecule has 5 N–H and O–H groups in total. The van der Waals surface area contributed by atoms with E-state index in [1.54, 1.807) is 0 Å². The topological polar surface area (TPSA) is 551 Å². The van der Waals surface area contributed by atoms with Gasteiger partial charge in [0.05, 0.1) is 0 Å². The molecule has 0 aromatic heterocycles. The number of rotatable bonds is 0. The van der Waals surface area contributed by atoms with Crippen molar-refractivity contribution in [3.05, 3.63) is 0 Å². The van der Waals surface area contributed by atoms with Gasteiger partial charge in [0, 0.05) is 52.0 Å². The Balaban J connectivity index is -0.00000000692. The smallest absolute Gasteiger partial charge is 0.870 e. The Morgan fingerprint density at radius 1 is 0.256 bits per heavy atom. The van der Waals surface area contributed by atoms with Crippen LogP contribution in [0.25, 0.3) is 0 Å². The van der Waals surface area contributed by atoms with Gasteiger partial charge in [-0.05, 0) is 0 Å². The van der Waals surface area contributed by atoms with E-state index in [9.17, 15) is 0 Å². The minimum absolute atomic E-state index is 0. The van der Waals surface area contributed by atoms with E-state index in [2.05, 4.69) is 0 Å². The predicted octanol–water partition coefficient (Wildman–Crippen LogP) is -17.7. The van der Waals surface area contributed by atoms with E-state index >= 15 is 0 Å². The molecule has 39 heteroatoms. The molecule has 39 heavy (non-hydrogen) atoms. The third-order valence-electron chi connectivity index (χ3n) is 0. The largest absolute Gasteiger partial charge is 3.00 e. The van der Waals surface area contributed by atoms with Gasteiger partial charge in [-0.2, -0.15) is 0 Å². The first kappa shape index (κ1) is 127. The summed E-state index contributed by atoms with van der Waals surface area (Å²) in [6.07, 6.45) is 0. The van der Waals surface area contributed by atoms with E-state index in [0.717, 1.165) is 0 Å². The van der Waals surface area contributed by atoms with Crippen LogP contribution in [-0.4, -0.2) is 197 Å². The van der Waals surface area contributed by atoms with Crippen LogP contribution in [0.2, 0.25) is 0 Å². The van der Waals surface area contributed by atoms with Gasteiger partial charge in [0.15, 0.2) is 0 Å². The Kier molecular flexibility index (Phi) is 210. The quantitative estimate of drug-likeness (QED) is 0.123. The van der Waals surface area contributed by atoms with Crippen molar-refractivity contribution < 1.29 is 320 Å². The molecule has 0 saturated heterocycles. The van der Waals surface area contributed by atoms with E-state index in [-0.39, 0.29) is 315 Å². The maximum Gasteiger partial charge on any atom is 3.00 e. The molecule has 0 aromatic carbocycles. The van der Waals surface area contributed by atoms with Crippen LogP contribution in [0.5, 0.6) is 0 Å². The van der Waals surface area contributed by atoms with Gasteiger partial charge >= 0.3 is 287 Å². The minimum Gasteiger partial charge on any atom is -0.870 e.